The van der Waals surface area contributed by atoms with Gasteiger partial charge in [-0.15, -0.1) is 0 Å². The largest absolute Gasteiger partial charge is 0.482 e. The van der Waals surface area contributed by atoms with Gasteiger partial charge in [-0.05, 0) is 18.2 Å². The van der Waals surface area contributed by atoms with Gasteiger partial charge in [-0.1, -0.05) is 0 Å². The lowest BCUT2D eigenvalue weighted by molar-refractivity contribution is -0.120. The van der Waals surface area contributed by atoms with E-state index in [4.69, 9.17) is 10.5 Å². The average molecular weight is 178 g/mol. The number of hydrogen-bond donors (Lipinski definition) is 1. The third-order valence-electron chi connectivity index (χ3n) is 2.07. The summed E-state index contributed by atoms with van der Waals surface area (Å²) in [4.78, 5) is 12.8. The summed E-state index contributed by atoms with van der Waals surface area (Å²) in [5, 5.41) is 0. The number of carbonyl (C=O) groups is 1. The summed E-state index contributed by atoms with van der Waals surface area (Å²) in [6.45, 7) is 0.105. The maximum absolute atomic E-state index is 11.2. The zero-order valence-electron chi connectivity index (χ0n) is 7.28. The fraction of sp³-hybridized carbons (Fsp3) is 0.222. The SMILES string of the molecule is CN1C(=O)COc2ccc(N)cc21. The summed E-state index contributed by atoms with van der Waals surface area (Å²) in [7, 11) is 1.71. The quantitative estimate of drug-likeness (QED) is 0.592. The van der Waals surface area contributed by atoms with Crippen molar-refractivity contribution in [1.29, 1.82) is 0 Å². The summed E-state index contributed by atoms with van der Waals surface area (Å²) >= 11 is 0. The van der Waals surface area contributed by atoms with Gasteiger partial charge >= 0.3 is 0 Å². The minimum atomic E-state index is -0.0573. The Bertz CT molecular complexity index is 363. The molecule has 13 heavy (non-hydrogen) atoms. The van der Waals surface area contributed by atoms with E-state index in [0.29, 0.717) is 11.4 Å². The maximum atomic E-state index is 11.2. The zero-order chi connectivity index (χ0) is 9.42. The molecule has 1 aliphatic rings. The number of fused-ring (bicyclic) bond motifs is 1. The highest BCUT2D eigenvalue weighted by molar-refractivity contribution is 5.97. The maximum Gasteiger partial charge on any atom is 0.264 e. The molecule has 0 unspecified atom stereocenters. The molecule has 0 bridgehead atoms. The van der Waals surface area contributed by atoms with E-state index >= 15 is 0 Å². The third-order valence-corrected chi connectivity index (χ3v) is 2.07. The van der Waals surface area contributed by atoms with E-state index in [0.717, 1.165) is 5.69 Å². The molecule has 1 aromatic rings. The molecule has 0 spiro atoms. The fourth-order valence-corrected chi connectivity index (χ4v) is 1.29. The number of amides is 1. The van der Waals surface area contributed by atoms with Crippen LogP contribution in [0.15, 0.2) is 18.2 Å². The van der Waals surface area contributed by atoms with E-state index in [1.807, 2.05) is 0 Å². The van der Waals surface area contributed by atoms with Gasteiger partial charge in [-0.2, -0.15) is 0 Å². The molecule has 2 rings (SSSR count). The van der Waals surface area contributed by atoms with Crippen LogP contribution in [0, 0.1) is 0 Å². The molecule has 4 heteroatoms. The highest BCUT2D eigenvalue weighted by Crippen LogP contribution is 2.32. The van der Waals surface area contributed by atoms with Gasteiger partial charge in [0.2, 0.25) is 0 Å². The summed E-state index contributed by atoms with van der Waals surface area (Å²) in [5.74, 6) is 0.648. The first-order valence-corrected chi connectivity index (χ1v) is 3.97. The standard InChI is InChI=1S/C9H10N2O2/c1-11-7-4-6(10)2-3-8(7)13-5-9(11)12/h2-4H,5,10H2,1H3. The van der Waals surface area contributed by atoms with Crippen molar-refractivity contribution >= 4 is 17.3 Å². The first-order chi connectivity index (χ1) is 6.18. The number of hydrogen-bond acceptors (Lipinski definition) is 3. The average Bonchev–Trinajstić information content (AvgIpc) is 2.12. The molecule has 68 valence electrons. The molecule has 0 saturated heterocycles. The summed E-state index contributed by atoms with van der Waals surface area (Å²) in [6, 6.07) is 5.25. The Labute approximate surface area is 75.9 Å². The molecular formula is C9H10N2O2. The number of nitrogens with zero attached hydrogens (tertiary/aromatic N) is 1. The van der Waals surface area contributed by atoms with E-state index in [2.05, 4.69) is 0 Å². The third kappa shape index (κ3) is 1.20. The number of benzene rings is 1. The Balaban J connectivity index is 2.51. The zero-order valence-corrected chi connectivity index (χ0v) is 7.28. The van der Waals surface area contributed by atoms with Crippen LogP contribution in [0.4, 0.5) is 11.4 Å². The number of nitrogen functional groups attached to an aromatic ring is 1. The fourth-order valence-electron chi connectivity index (χ4n) is 1.29. The van der Waals surface area contributed by atoms with Gasteiger partial charge in [0.25, 0.3) is 5.91 Å². The number of rotatable bonds is 0. The van der Waals surface area contributed by atoms with E-state index in [-0.39, 0.29) is 12.5 Å². The molecule has 0 atom stereocenters. The lowest BCUT2D eigenvalue weighted by Crippen LogP contribution is -2.35. The van der Waals surface area contributed by atoms with E-state index in [1.165, 1.54) is 0 Å². The number of likely N-dealkylation sites (N-methyl/N-ethyl adjacent to an activating group) is 1. The predicted molar refractivity (Wildman–Crippen MR) is 49.8 cm³/mol. The van der Waals surface area contributed by atoms with Crippen molar-refractivity contribution < 1.29 is 9.53 Å². The van der Waals surface area contributed by atoms with Crippen LogP contribution >= 0.6 is 0 Å². The van der Waals surface area contributed by atoms with Gasteiger partial charge in [-0.3, -0.25) is 4.79 Å². The first kappa shape index (κ1) is 7.91. The van der Waals surface area contributed by atoms with Gasteiger partial charge in [0, 0.05) is 12.7 Å². The highest BCUT2D eigenvalue weighted by atomic mass is 16.5. The molecule has 0 fully saturated rings. The Morgan fingerprint density at radius 3 is 3.08 bits per heavy atom. The second kappa shape index (κ2) is 2.65. The van der Waals surface area contributed by atoms with Gasteiger partial charge in [-0.25, -0.2) is 0 Å². The molecule has 0 aromatic heterocycles. The van der Waals surface area contributed by atoms with Crippen LogP contribution in [0.25, 0.3) is 0 Å². The number of ether oxygens (including phenoxy) is 1. The lowest BCUT2D eigenvalue weighted by Gasteiger charge is -2.25. The minimum absolute atomic E-state index is 0.0573. The monoisotopic (exact) mass is 178 g/mol. The molecule has 4 nitrogen and oxygen atoms in total. The summed E-state index contributed by atoms with van der Waals surface area (Å²) in [5.41, 5.74) is 6.96. The molecule has 2 N–H and O–H groups in total. The van der Waals surface area contributed by atoms with Crippen LogP contribution in [-0.2, 0) is 4.79 Å². The van der Waals surface area contributed by atoms with Crippen LogP contribution < -0.4 is 15.4 Å². The van der Waals surface area contributed by atoms with Crippen LogP contribution in [-0.4, -0.2) is 19.6 Å². The molecular weight excluding hydrogens is 168 g/mol. The smallest absolute Gasteiger partial charge is 0.264 e. The van der Waals surface area contributed by atoms with Crippen molar-refractivity contribution in [2.75, 3.05) is 24.3 Å². The van der Waals surface area contributed by atoms with Crippen LogP contribution in [0.1, 0.15) is 0 Å². The topological polar surface area (TPSA) is 55.6 Å². The Morgan fingerprint density at radius 1 is 1.54 bits per heavy atom. The van der Waals surface area contributed by atoms with E-state index < -0.39 is 0 Å². The van der Waals surface area contributed by atoms with Crippen molar-refractivity contribution in [3.05, 3.63) is 18.2 Å². The molecule has 0 radical (unpaired) electrons. The van der Waals surface area contributed by atoms with Crippen molar-refractivity contribution in [2.45, 2.75) is 0 Å². The van der Waals surface area contributed by atoms with E-state index in [1.54, 1.807) is 30.1 Å². The molecule has 0 saturated carbocycles. The van der Waals surface area contributed by atoms with Crippen LogP contribution in [0.2, 0.25) is 0 Å². The van der Waals surface area contributed by atoms with Crippen molar-refractivity contribution in [2.24, 2.45) is 0 Å². The lowest BCUT2D eigenvalue weighted by atomic mass is 10.2. The Kier molecular flexibility index (Phi) is 1.62. The highest BCUT2D eigenvalue weighted by Gasteiger charge is 2.21. The Hall–Kier alpha value is -1.71. The number of carbonyl (C=O) groups excluding carboxylic acids is 1. The summed E-state index contributed by atoms with van der Waals surface area (Å²) in [6.07, 6.45) is 0. The molecule has 1 aromatic carbocycles. The van der Waals surface area contributed by atoms with Gasteiger partial charge in [0.15, 0.2) is 6.61 Å². The van der Waals surface area contributed by atoms with Crippen molar-refractivity contribution in [3.8, 4) is 5.75 Å². The van der Waals surface area contributed by atoms with Crippen LogP contribution in [0.3, 0.4) is 0 Å². The first-order valence-electron chi connectivity index (χ1n) is 3.97. The number of nitrogens with two attached hydrogens (primary N) is 1. The number of anilines is 2. The Morgan fingerprint density at radius 2 is 2.31 bits per heavy atom. The second-order valence-electron chi connectivity index (χ2n) is 2.97. The normalized spacial score (nSPS) is 15.2. The van der Waals surface area contributed by atoms with E-state index in [9.17, 15) is 4.79 Å². The second-order valence-corrected chi connectivity index (χ2v) is 2.97. The predicted octanol–water partition coefficient (Wildman–Crippen LogP) is 0.624. The molecule has 1 heterocycles. The van der Waals surface area contributed by atoms with Crippen molar-refractivity contribution in [3.63, 3.8) is 0 Å². The van der Waals surface area contributed by atoms with Gasteiger partial charge in [0.1, 0.15) is 5.75 Å². The molecule has 1 amide bonds. The van der Waals surface area contributed by atoms with Gasteiger partial charge < -0.3 is 15.4 Å². The van der Waals surface area contributed by atoms with Gasteiger partial charge in [0.05, 0.1) is 5.69 Å². The summed E-state index contributed by atoms with van der Waals surface area (Å²) < 4.78 is 5.21. The minimum Gasteiger partial charge on any atom is -0.482 e. The molecule has 0 aliphatic carbocycles. The van der Waals surface area contributed by atoms with Crippen LogP contribution in [0.5, 0.6) is 5.75 Å². The van der Waals surface area contributed by atoms with Crippen molar-refractivity contribution in [1.82, 2.24) is 0 Å². The molecule has 1 aliphatic heterocycles.